The Hall–Kier alpha value is -1.20. The van der Waals surface area contributed by atoms with Crippen molar-refractivity contribution in [2.24, 2.45) is 5.73 Å². The summed E-state index contributed by atoms with van der Waals surface area (Å²) in [6, 6.07) is 4.34. The van der Waals surface area contributed by atoms with Crippen molar-refractivity contribution in [3.05, 3.63) is 24.0 Å². The molecular weight excluding hydrogens is 244 g/mol. The average Bonchev–Trinajstić information content (AvgIpc) is 2.29. The molecule has 1 aromatic heterocycles. The van der Waals surface area contributed by atoms with Crippen molar-refractivity contribution < 1.29 is 0 Å². The largest absolute Gasteiger partial charge is 0.388 e. The fourth-order valence-corrected chi connectivity index (χ4v) is 2.20. The van der Waals surface area contributed by atoms with Gasteiger partial charge in [-0.3, -0.25) is 4.98 Å². The van der Waals surface area contributed by atoms with Gasteiger partial charge in [-0.25, -0.2) is 0 Å². The van der Waals surface area contributed by atoms with Crippen molar-refractivity contribution in [2.45, 2.75) is 19.9 Å². The van der Waals surface area contributed by atoms with Crippen LogP contribution in [0.5, 0.6) is 0 Å². The minimum atomic E-state index is 0.339. The van der Waals surface area contributed by atoms with E-state index in [9.17, 15) is 0 Å². The van der Waals surface area contributed by atoms with Gasteiger partial charge in [0.15, 0.2) is 0 Å². The normalized spacial score (nSPS) is 12.5. The highest BCUT2D eigenvalue weighted by atomic mass is 32.1. The topological polar surface area (TPSA) is 45.4 Å². The summed E-state index contributed by atoms with van der Waals surface area (Å²) in [5, 5.41) is 0. The lowest BCUT2D eigenvalue weighted by molar-refractivity contribution is 0.373. The highest BCUT2D eigenvalue weighted by molar-refractivity contribution is 7.80. The van der Waals surface area contributed by atoms with Crippen molar-refractivity contribution in [3.8, 4) is 0 Å². The van der Waals surface area contributed by atoms with Crippen LogP contribution in [-0.2, 0) is 0 Å². The Balaban J connectivity index is 2.85. The van der Waals surface area contributed by atoms with Crippen LogP contribution in [0.4, 0.5) is 5.69 Å². The number of rotatable bonds is 6. The van der Waals surface area contributed by atoms with E-state index < -0.39 is 0 Å². The fraction of sp³-hybridized carbons (Fsp3) is 0.538. The van der Waals surface area contributed by atoms with E-state index >= 15 is 0 Å². The van der Waals surface area contributed by atoms with Crippen LogP contribution in [0, 0.1) is 0 Å². The van der Waals surface area contributed by atoms with Gasteiger partial charge in [-0.2, -0.15) is 0 Å². The van der Waals surface area contributed by atoms with E-state index in [1.807, 2.05) is 18.3 Å². The van der Waals surface area contributed by atoms with Crippen molar-refractivity contribution in [1.82, 2.24) is 9.88 Å². The van der Waals surface area contributed by atoms with E-state index in [0.29, 0.717) is 16.7 Å². The lowest BCUT2D eigenvalue weighted by Crippen LogP contribution is -2.40. The molecule has 0 aromatic carbocycles. The SMILES string of the molecule is CCN(c1ccc(C(N)=S)nc1)C(C)CN(C)C. The van der Waals surface area contributed by atoms with E-state index in [-0.39, 0.29) is 0 Å². The molecule has 0 saturated heterocycles. The molecule has 1 heterocycles. The minimum absolute atomic E-state index is 0.339. The molecule has 1 aromatic rings. The maximum Gasteiger partial charge on any atom is 0.122 e. The summed E-state index contributed by atoms with van der Waals surface area (Å²) in [6.07, 6.45) is 1.84. The highest BCUT2D eigenvalue weighted by Crippen LogP contribution is 2.16. The second-order valence-corrected chi connectivity index (χ2v) is 5.10. The third-order valence-corrected chi connectivity index (χ3v) is 3.04. The number of hydrogen-bond acceptors (Lipinski definition) is 4. The first kappa shape index (κ1) is 14.9. The smallest absolute Gasteiger partial charge is 0.122 e. The third-order valence-electron chi connectivity index (χ3n) is 2.83. The van der Waals surface area contributed by atoms with Crippen LogP contribution in [0.2, 0.25) is 0 Å². The molecule has 0 aliphatic carbocycles. The van der Waals surface area contributed by atoms with Crippen LogP contribution in [0.3, 0.4) is 0 Å². The van der Waals surface area contributed by atoms with Gasteiger partial charge in [-0.1, -0.05) is 12.2 Å². The molecule has 0 aliphatic rings. The first-order valence-corrected chi connectivity index (χ1v) is 6.53. The van der Waals surface area contributed by atoms with E-state index in [0.717, 1.165) is 18.8 Å². The molecule has 0 aliphatic heterocycles. The molecule has 0 spiro atoms. The Morgan fingerprint density at radius 1 is 1.44 bits per heavy atom. The number of nitrogens with zero attached hydrogens (tertiary/aromatic N) is 3. The second-order valence-electron chi connectivity index (χ2n) is 4.66. The van der Waals surface area contributed by atoms with Gasteiger partial charge >= 0.3 is 0 Å². The van der Waals surface area contributed by atoms with Crippen molar-refractivity contribution in [2.75, 3.05) is 32.1 Å². The van der Waals surface area contributed by atoms with E-state index in [2.05, 4.69) is 42.7 Å². The zero-order valence-electron chi connectivity index (χ0n) is 11.6. The third kappa shape index (κ3) is 3.92. The van der Waals surface area contributed by atoms with Crippen molar-refractivity contribution >= 4 is 22.9 Å². The molecule has 100 valence electrons. The number of likely N-dealkylation sites (N-methyl/N-ethyl adjacent to an activating group) is 2. The van der Waals surface area contributed by atoms with Crippen LogP contribution >= 0.6 is 12.2 Å². The predicted molar refractivity (Wildman–Crippen MR) is 81.2 cm³/mol. The van der Waals surface area contributed by atoms with Gasteiger partial charge in [-0.15, -0.1) is 0 Å². The predicted octanol–water partition coefficient (Wildman–Crippen LogP) is 1.49. The molecule has 0 amide bonds. The quantitative estimate of drug-likeness (QED) is 0.791. The van der Waals surface area contributed by atoms with Crippen LogP contribution in [-0.4, -0.2) is 48.1 Å². The summed E-state index contributed by atoms with van der Waals surface area (Å²) in [7, 11) is 4.16. The zero-order chi connectivity index (χ0) is 13.7. The molecule has 0 bridgehead atoms. The van der Waals surface area contributed by atoms with E-state index in [1.54, 1.807) is 0 Å². The zero-order valence-corrected chi connectivity index (χ0v) is 12.4. The first-order chi connectivity index (χ1) is 8.45. The Morgan fingerprint density at radius 3 is 2.50 bits per heavy atom. The van der Waals surface area contributed by atoms with E-state index in [4.69, 9.17) is 18.0 Å². The summed E-state index contributed by atoms with van der Waals surface area (Å²) in [4.78, 5) is 9.13. The average molecular weight is 266 g/mol. The minimum Gasteiger partial charge on any atom is -0.388 e. The molecular formula is C13H22N4S. The number of hydrogen-bond donors (Lipinski definition) is 1. The molecule has 1 rings (SSSR count). The van der Waals surface area contributed by atoms with Crippen LogP contribution in [0.1, 0.15) is 19.5 Å². The summed E-state index contributed by atoms with van der Waals surface area (Å²) in [5.41, 5.74) is 7.32. The molecule has 1 unspecified atom stereocenters. The van der Waals surface area contributed by atoms with Gasteiger partial charge in [-0.05, 0) is 40.1 Å². The lowest BCUT2D eigenvalue weighted by atomic mass is 10.2. The van der Waals surface area contributed by atoms with Crippen molar-refractivity contribution in [3.63, 3.8) is 0 Å². The molecule has 0 saturated carbocycles. The van der Waals surface area contributed by atoms with Gasteiger partial charge in [0.1, 0.15) is 4.99 Å². The summed E-state index contributed by atoms with van der Waals surface area (Å²) in [5.74, 6) is 0. The standard InChI is InChI=1S/C13H22N4S/c1-5-17(10(2)9-16(3)4)11-6-7-12(13(14)18)15-8-11/h6-8,10H,5,9H2,1-4H3,(H2,14,18). The summed E-state index contributed by atoms with van der Waals surface area (Å²) < 4.78 is 0. The maximum atomic E-state index is 5.55. The monoisotopic (exact) mass is 266 g/mol. The number of thiocarbonyl (C=S) groups is 1. The Morgan fingerprint density at radius 2 is 2.11 bits per heavy atom. The highest BCUT2D eigenvalue weighted by Gasteiger charge is 2.14. The van der Waals surface area contributed by atoms with Gasteiger partial charge in [0.2, 0.25) is 0 Å². The molecule has 18 heavy (non-hydrogen) atoms. The maximum absolute atomic E-state index is 5.55. The second kappa shape index (κ2) is 6.66. The number of pyridine rings is 1. The molecule has 1 atom stereocenters. The summed E-state index contributed by atoms with van der Waals surface area (Å²) in [6.45, 7) is 6.31. The van der Waals surface area contributed by atoms with Gasteiger partial charge in [0, 0.05) is 19.1 Å². The van der Waals surface area contributed by atoms with Crippen LogP contribution in [0.25, 0.3) is 0 Å². The Kier molecular flexibility index (Phi) is 5.50. The molecule has 0 radical (unpaired) electrons. The Bertz CT molecular complexity index is 388. The van der Waals surface area contributed by atoms with Gasteiger partial charge < -0.3 is 15.5 Å². The summed E-state index contributed by atoms with van der Waals surface area (Å²) >= 11 is 4.90. The van der Waals surface area contributed by atoms with Crippen LogP contribution < -0.4 is 10.6 Å². The molecule has 0 fully saturated rings. The number of aromatic nitrogens is 1. The van der Waals surface area contributed by atoms with E-state index in [1.165, 1.54) is 0 Å². The van der Waals surface area contributed by atoms with Crippen LogP contribution in [0.15, 0.2) is 18.3 Å². The number of nitrogens with two attached hydrogens (primary N) is 1. The van der Waals surface area contributed by atoms with Crippen molar-refractivity contribution in [1.29, 1.82) is 0 Å². The fourth-order valence-electron chi connectivity index (χ4n) is 2.08. The van der Waals surface area contributed by atoms with Gasteiger partial charge in [0.05, 0.1) is 17.6 Å². The number of anilines is 1. The van der Waals surface area contributed by atoms with Gasteiger partial charge in [0.25, 0.3) is 0 Å². The molecule has 2 N–H and O–H groups in total. The first-order valence-electron chi connectivity index (χ1n) is 6.13. The lowest BCUT2D eigenvalue weighted by Gasteiger charge is -2.31. The molecule has 4 nitrogen and oxygen atoms in total. The Labute approximate surface area is 115 Å². The molecule has 5 heteroatoms.